The van der Waals surface area contributed by atoms with Crippen LogP contribution in [0.15, 0.2) is 36.4 Å². The lowest BCUT2D eigenvalue weighted by Crippen LogP contribution is -2.22. The fourth-order valence-corrected chi connectivity index (χ4v) is 2.24. The van der Waals surface area contributed by atoms with Crippen LogP contribution in [-0.2, 0) is 9.53 Å². The summed E-state index contributed by atoms with van der Waals surface area (Å²) in [6, 6.07) is 8.93. The molecule has 0 atom stereocenters. The van der Waals surface area contributed by atoms with Crippen molar-refractivity contribution in [1.29, 1.82) is 0 Å². The number of amides is 1. The second-order valence-electron chi connectivity index (χ2n) is 5.05. The number of methoxy groups -OCH3 is 1. The highest BCUT2D eigenvalue weighted by Gasteiger charge is 2.09. The molecule has 126 valence electrons. The molecule has 0 saturated carbocycles. The number of carbonyl (C=O) groups excluding carboxylic acids is 2. The third-order valence-electron chi connectivity index (χ3n) is 3.29. The largest absolute Gasteiger partial charge is 0.465 e. The number of hydrogen-bond donors (Lipinski definition) is 2. The van der Waals surface area contributed by atoms with Crippen LogP contribution in [0, 0.1) is 12.7 Å². The average molecular weight is 351 g/mol. The van der Waals surface area contributed by atoms with Gasteiger partial charge in [0.2, 0.25) is 5.91 Å². The van der Waals surface area contributed by atoms with Gasteiger partial charge in [-0.3, -0.25) is 4.79 Å². The molecule has 2 aromatic rings. The minimum atomic E-state index is -0.547. The number of nitrogens with one attached hydrogen (secondary N) is 2. The van der Waals surface area contributed by atoms with Crippen LogP contribution in [0.3, 0.4) is 0 Å². The standard InChI is InChI=1S/C17H16ClFN2O3/c1-10-7-11(17(23)24-2)3-6-15(10)20-9-16(22)21-12-4-5-14(19)13(18)8-12/h3-8,20H,9H2,1-2H3,(H,21,22). The van der Waals surface area contributed by atoms with E-state index in [-0.39, 0.29) is 17.5 Å². The SMILES string of the molecule is COC(=O)c1ccc(NCC(=O)Nc2ccc(F)c(Cl)c2)c(C)c1. The van der Waals surface area contributed by atoms with Gasteiger partial charge in [0.15, 0.2) is 0 Å². The smallest absolute Gasteiger partial charge is 0.337 e. The van der Waals surface area contributed by atoms with Gasteiger partial charge in [0.1, 0.15) is 5.82 Å². The van der Waals surface area contributed by atoms with Crippen molar-refractivity contribution in [1.82, 2.24) is 0 Å². The van der Waals surface area contributed by atoms with E-state index in [9.17, 15) is 14.0 Å². The highest BCUT2D eigenvalue weighted by atomic mass is 35.5. The maximum Gasteiger partial charge on any atom is 0.337 e. The summed E-state index contributed by atoms with van der Waals surface area (Å²) in [4.78, 5) is 23.4. The molecule has 0 spiro atoms. The molecular formula is C17H16ClFN2O3. The topological polar surface area (TPSA) is 67.4 Å². The fraction of sp³-hybridized carbons (Fsp3) is 0.176. The number of rotatable bonds is 5. The van der Waals surface area contributed by atoms with Crippen LogP contribution >= 0.6 is 11.6 Å². The monoisotopic (exact) mass is 350 g/mol. The zero-order valence-electron chi connectivity index (χ0n) is 13.2. The molecule has 1 amide bonds. The Morgan fingerprint density at radius 3 is 2.58 bits per heavy atom. The number of ether oxygens (including phenoxy) is 1. The highest BCUT2D eigenvalue weighted by Crippen LogP contribution is 2.20. The van der Waals surface area contributed by atoms with Crippen LogP contribution in [0.1, 0.15) is 15.9 Å². The first kappa shape index (κ1) is 17.7. The summed E-state index contributed by atoms with van der Waals surface area (Å²) in [5, 5.41) is 5.52. The molecule has 0 radical (unpaired) electrons. The molecule has 0 fully saturated rings. The van der Waals surface area contributed by atoms with Gasteiger partial charge in [0, 0.05) is 11.4 Å². The van der Waals surface area contributed by atoms with Crippen molar-refractivity contribution in [3.05, 3.63) is 58.4 Å². The fourth-order valence-electron chi connectivity index (χ4n) is 2.06. The van der Waals surface area contributed by atoms with E-state index in [1.807, 2.05) is 6.92 Å². The van der Waals surface area contributed by atoms with Crippen molar-refractivity contribution in [3.63, 3.8) is 0 Å². The van der Waals surface area contributed by atoms with E-state index in [4.69, 9.17) is 11.6 Å². The summed E-state index contributed by atoms with van der Waals surface area (Å²) in [5.41, 5.74) is 2.36. The number of benzene rings is 2. The first-order valence-electron chi connectivity index (χ1n) is 7.08. The van der Waals surface area contributed by atoms with E-state index in [2.05, 4.69) is 15.4 Å². The van der Waals surface area contributed by atoms with Gasteiger partial charge in [-0.2, -0.15) is 0 Å². The van der Waals surface area contributed by atoms with E-state index in [0.717, 1.165) is 11.3 Å². The molecule has 0 saturated heterocycles. The van der Waals surface area contributed by atoms with Gasteiger partial charge in [0.05, 0.1) is 24.2 Å². The Balaban J connectivity index is 1.96. The first-order chi connectivity index (χ1) is 11.4. The number of hydrogen-bond acceptors (Lipinski definition) is 4. The Bertz CT molecular complexity index is 780. The third kappa shape index (κ3) is 4.45. The van der Waals surface area contributed by atoms with Gasteiger partial charge in [-0.25, -0.2) is 9.18 Å². The third-order valence-corrected chi connectivity index (χ3v) is 3.58. The Morgan fingerprint density at radius 2 is 1.96 bits per heavy atom. The van der Waals surface area contributed by atoms with Gasteiger partial charge in [-0.05, 0) is 48.9 Å². The van der Waals surface area contributed by atoms with Crippen molar-refractivity contribution < 1.29 is 18.7 Å². The summed E-state index contributed by atoms with van der Waals surface area (Å²) >= 11 is 5.66. The van der Waals surface area contributed by atoms with Crippen LogP contribution in [0.4, 0.5) is 15.8 Å². The molecule has 0 heterocycles. The molecule has 5 nitrogen and oxygen atoms in total. The number of anilines is 2. The Hall–Kier alpha value is -2.60. The summed E-state index contributed by atoms with van der Waals surface area (Å²) in [6.07, 6.45) is 0. The Kier molecular flexibility index (Phi) is 5.76. The van der Waals surface area contributed by atoms with E-state index in [0.29, 0.717) is 11.3 Å². The minimum Gasteiger partial charge on any atom is -0.465 e. The summed E-state index contributed by atoms with van der Waals surface area (Å²) in [5.74, 6) is -1.28. The van der Waals surface area contributed by atoms with E-state index in [1.165, 1.54) is 25.3 Å². The molecule has 2 rings (SSSR count). The second kappa shape index (κ2) is 7.79. The predicted molar refractivity (Wildman–Crippen MR) is 91.0 cm³/mol. The van der Waals surface area contributed by atoms with Crippen molar-refractivity contribution in [2.45, 2.75) is 6.92 Å². The zero-order chi connectivity index (χ0) is 17.7. The number of aryl methyl sites for hydroxylation is 1. The van der Waals surface area contributed by atoms with Gasteiger partial charge >= 0.3 is 5.97 Å². The second-order valence-corrected chi connectivity index (χ2v) is 5.46. The van der Waals surface area contributed by atoms with Gasteiger partial charge in [-0.15, -0.1) is 0 Å². The lowest BCUT2D eigenvalue weighted by Gasteiger charge is -2.11. The first-order valence-corrected chi connectivity index (χ1v) is 7.46. The Morgan fingerprint density at radius 1 is 1.21 bits per heavy atom. The van der Waals surface area contributed by atoms with Gasteiger partial charge in [0.25, 0.3) is 0 Å². The van der Waals surface area contributed by atoms with Crippen LogP contribution in [0.25, 0.3) is 0 Å². The van der Waals surface area contributed by atoms with E-state index in [1.54, 1.807) is 18.2 Å². The zero-order valence-corrected chi connectivity index (χ0v) is 13.9. The number of carbonyl (C=O) groups is 2. The molecular weight excluding hydrogens is 335 g/mol. The van der Waals surface area contributed by atoms with E-state index < -0.39 is 11.8 Å². The Labute approximate surface area is 143 Å². The average Bonchev–Trinajstić information content (AvgIpc) is 2.56. The maximum atomic E-state index is 13.1. The molecule has 0 aliphatic heterocycles. The molecule has 24 heavy (non-hydrogen) atoms. The molecule has 0 aliphatic carbocycles. The van der Waals surface area contributed by atoms with Gasteiger partial charge in [-0.1, -0.05) is 11.6 Å². The van der Waals surface area contributed by atoms with Crippen LogP contribution in [0.5, 0.6) is 0 Å². The quantitative estimate of drug-likeness (QED) is 0.808. The lowest BCUT2D eigenvalue weighted by atomic mass is 10.1. The molecule has 0 aromatic heterocycles. The van der Waals surface area contributed by atoms with Gasteiger partial charge < -0.3 is 15.4 Å². The molecule has 0 bridgehead atoms. The summed E-state index contributed by atoms with van der Waals surface area (Å²) < 4.78 is 17.7. The van der Waals surface area contributed by atoms with Crippen molar-refractivity contribution in [2.24, 2.45) is 0 Å². The van der Waals surface area contributed by atoms with Crippen molar-refractivity contribution >= 4 is 34.9 Å². The molecule has 0 aliphatic rings. The predicted octanol–water partition coefficient (Wildman–Crippen LogP) is 3.62. The van der Waals surface area contributed by atoms with Crippen molar-refractivity contribution in [2.75, 3.05) is 24.3 Å². The lowest BCUT2D eigenvalue weighted by molar-refractivity contribution is -0.114. The molecule has 2 aromatic carbocycles. The van der Waals surface area contributed by atoms with Crippen LogP contribution in [-0.4, -0.2) is 25.5 Å². The summed E-state index contributed by atoms with van der Waals surface area (Å²) in [6.45, 7) is 1.82. The highest BCUT2D eigenvalue weighted by molar-refractivity contribution is 6.31. The summed E-state index contributed by atoms with van der Waals surface area (Å²) in [7, 11) is 1.32. The maximum absolute atomic E-state index is 13.1. The number of halogens is 2. The van der Waals surface area contributed by atoms with Crippen LogP contribution in [0.2, 0.25) is 5.02 Å². The number of esters is 1. The molecule has 2 N–H and O–H groups in total. The molecule has 0 unspecified atom stereocenters. The van der Waals surface area contributed by atoms with E-state index >= 15 is 0 Å². The minimum absolute atomic E-state index is 0.00735. The molecule has 7 heteroatoms. The normalized spacial score (nSPS) is 10.2. The van der Waals surface area contributed by atoms with Crippen LogP contribution < -0.4 is 10.6 Å². The van der Waals surface area contributed by atoms with Crippen molar-refractivity contribution in [3.8, 4) is 0 Å².